The third kappa shape index (κ3) is 2.71. The van der Waals surface area contributed by atoms with Crippen LogP contribution in [0.25, 0.3) is 11.3 Å². The zero-order valence-electron chi connectivity index (χ0n) is 9.03. The van der Waals surface area contributed by atoms with Crippen molar-refractivity contribution in [2.75, 3.05) is 6.54 Å². The molecule has 4 heteroatoms. The highest BCUT2D eigenvalue weighted by Gasteiger charge is 2.05. The number of hydrogen-bond donors (Lipinski definition) is 1. The molecule has 3 nitrogen and oxygen atoms in total. The number of oxazole rings is 1. The molecule has 0 saturated heterocycles. The van der Waals surface area contributed by atoms with Crippen LogP contribution in [0.1, 0.15) is 12.8 Å². The summed E-state index contributed by atoms with van der Waals surface area (Å²) in [5.74, 6) is 1.52. The first-order valence-electron chi connectivity index (χ1n) is 5.21. The molecule has 16 heavy (non-hydrogen) atoms. The second kappa shape index (κ2) is 5.27. The lowest BCUT2D eigenvalue weighted by Gasteiger charge is -1.97. The van der Waals surface area contributed by atoms with Crippen LogP contribution in [0.5, 0.6) is 0 Å². The van der Waals surface area contributed by atoms with E-state index in [1.54, 1.807) is 6.20 Å². The number of rotatable bonds is 4. The first-order valence-corrected chi connectivity index (χ1v) is 6.00. The summed E-state index contributed by atoms with van der Waals surface area (Å²) in [5.41, 5.74) is 1.03. The van der Waals surface area contributed by atoms with Crippen LogP contribution in [-0.2, 0) is 6.54 Å². The lowest BCUT2D eigenvalue weighted by atomic mass is 10.2. The number of aromatic nitrogens is 1. The fourth-order valence-electron chi connectivity index (χ4n) is 1.40. The standard InChI is InChI=1S/C12H13BrN2O/c1-2-14-8-12-15-7-11(16-12)9-4-3-5-10(13)6-9/h3-7,14H,2,8H2,1H3. The van der Waals surface area contributed by atoms with E-state index in [1.165, 1.54) is 0 Å². The average Bonchev–Trinajstić information content (AvgIpc) is 2.75. The largest absolute Gasteiger partial charge is 0.439 e. The monoisotopic (exact) mass is 280 g/mol. The molecular formula is C12H13BrN2O. The van der Waals surface area contributed by atoms with E-state index in [9.17, 15) is 0 Å². The van der Waals surface area contributed by atoms with Gasteiger partial charge in [-0.15, -0.1) is 0 Å². The zero-order chi connectivity index (χ0) is 11.4. The van der Waals surface area contributed by atoms with Gasteiger partial charge >= 0.3 is 0 Å². The van der Waals surface area contributed by atoms with Gasteiger partial charge in [0.25, 0.3) is 0 Å². The molecule has 0 bridgehead atoms. The maximum Gasteiger partial charge on any atom is 0.208 e. The Bertz CT molecular complexity index is 468. The van der Waals surface area contributed by atoms with Crippen LogP contribution in [0.15, 0.2) is 39.4 Å². The van der Waals surface area contributed by atoms with Crippen LogP contribution in [0, 0.1) is 0 Å². The summed E-state index contributed by atoms with van der Waals surface area (Å²) in [7, 11) is 0. The molecule has 0 amide bonds. The topological polar surface area (TPSA) is 38.1 Å². The Morgan fingerprint density at radius 2 is 2.31 bits per heavy atom. The van der Waals surface area contributed by atoms with E-state index in [0.29, 0.717) is 6.54 Å². The first-order chi connectivity index (χ1) is 7.79. The quantitative estimate of drug-likeness (QED) is 0.935. The lowest BCUT2D eigenvalue weighted by Crippen LogP contribution is -2.11. The van der Waals surface area contributed by atoms with Crippen LogP contribution in [0.2, 0.25) is 0 Å². The molecule has 0 spiro atoms. The predicted molar refractivity (Wildman–Crippen MR) is 67.0 cm³/mol. The molecule has 0 atom stereocenters. The minimum Gasteiger partial charge on any atom is -0.439 e. The summed E-state index contributed by atoms with van der Waals surface area (Å²) in [6.07, 6.45) is 1.76. The average molecular weight is 281 g/mol. The van der Waals surface area contributed by atoms with Crippen molar-refractivity contribution < 1.29 is 4.42 Å². The van der Waals surface area contributed by atoms with E-state index in [2.05, 4.69) is 33.2 Å². The van der Waals surface area contributed by atoms with Crippen molar-refractivity contribution in [3.63, 3.8) is 0 Å². The smallest absolute Gasteiger partial charge is 0.208 e. The predicted octanol–water partition coefficient (Wildman–Crippen LogP) is 3.21. The van der Waals surface area contributed by atoms with E-state index in [0.717, 1.165) is 28.2 Å². The number of hydrogen-bond acceptors (Lipinski definition) is 3. The summed E-state index contributed by atoms with van der Waals surface area (Å²) in [4.78, 5) is 4.22. The fraction of sp³-hybridized carbons (Fsp3) is 0.250. The van der Waals surface area contributed by atoms with Gasteiger partial charge in [0.05, 0.1) is 12.7 Å². The molecule has 0 radical (unpaired) electrons. The third-order valence-corrected chi connectivity index (χ3v) is 2.68. The SMILES string of the molecule is CCNCc1ncc(-c2cccc(Br)c2)o1. The van der Waals surface area contributed by atoms with Gasteiger partial charge in [-0.25, -0.2) is 4.98 Å². The van der Waals surface area contributed by atoms with Crippen molar-refractivity contribution in [3.05, 3.63) is 40.8 Å². The molecule has 0 saturated carbocycles. The second-order valence-electron chi connectivity index (χ2n) is 3.41. The number of nitrogens with one attached hydrogen (secondary N) is 1. The van der Waals surface area contributed by atoms with Crippen LogP contribution < -0.4 is 5.32 Å². The van der Waals surface area contributed by atoms with E-state index in [4.69, 9.17) is 4.42 Å². The molecule has 1 heterocycles. The highest BCUT2D eigenvalue weighted by molar-refractivity contribution is 9.10. The summed E-state index contributed by atoms with van der Waals surface area (Å²) in [6, 6.07) is 7.98. The third-order valence-electron chi connectivity index (χ3n) is 2.19. The second-order valence-corrected chi connectivity index (χ2v) is 4.32. The molecule has 1 aromatic heterocycles. The van der Waals surface area contributed by atoms with Crippen molar-refractivity contribution in [3.8, 4) is 11.3 Å². The molecule has 1 N–H and O–H groups in total. The van der Waals surface area contributed by atoms with Gasteiger partial charge in [-0.2, -0.15) is 0 Å². The normalized spacial score (nSPS) is 10.6. The van der Waals surface area contributed by atoms with E-state index in [1.807, 2.05) is 24.3 Å². The van der Waals surface area contributed by atoms with Crippen molar-refractivity contribution in [1.82, 2.24) is 10.3 Å². The van der Waals surface area contributed by atoms with Gasteiger partial charge in [-0.3, -0.25) is 0 Å². The van der Waals surface area contributed by atoms with Gasteiger partial charge in [-0.1, -0.05) is 35.0 Å². The number of benzene rings is 1. The molecule has 0 aliphatic rings. The zero-order valence-corrected chi connectivity index (χ0v) is 10.6. The van der Waals surface area contributed by atoms with Crippen LogP contribution >= 0.6 is 15.9 Å². The Morgan fingerprint density at radius 3 is 3.06 bits per heavy atom. The molecule has 1 aromatic carbocycles. The van der Waals surface area contributed by atoms with Crippen molar-refractivity contribution >= 4 is 15.9 Å². The van der Waals surface area contributed by atoms with Crippen LogP contribution in [0.4, 0.5) is 0 Å². The van der Waals surface area contributed by atoms with Gasteiger partial charge in [0.1, 0.15) is 0 Å². The summed E-state index contributed by atoms with van der Waals surface area (Å²) >= 11 is 3.43. The fourth-order valence-corrected chi connectivity index (χ4v) is 1.80. The van der Waals surface area contributed by atoms with Gasteiger partial charge in [0.15, 0.2) is 5.76 Å². The molecule has 0 fully saturated rings. The van der Waals surface area contributed by atoms with Crippen LogP contribution in [0.3, 0.4) is 0 Å². The molecule has 84 valence electrons. The van der Waals surface area contributed by atoms with E-state index in [-0.39, 0.29) is 0 Å². The molecule has 2 rings (SSSR count). The van der Waals surface area contributed by atoms with Crippen molar-refractivity contribution in [2.24, 2.45) is 0 Å². The maximum atomic E-state index is 5.63. The minimum absolute atomic E-state index is 0.671. The lowest BCUT2D eigenvalue weighted by molar-refractivity contribution is 0.482. The molecule has 0 aliphatic heterocycles. The molecular weight excluding hydrogens is 268 g/mol. The van der Waals surface area contributed by atoms with E-state index < -0.39 is 0 Å². The Kier molecular flexibility index (Phi) is 3.74. The molecule has 2 aromatic rings. The molecule has 0 aliphatic carbocycles. The summed E-state index contributed by atoms with van der Waals surface area (Å²) in [6.45, 7) is 3.64. The first kappa shape index (κ1) is 11.4. The van der Waals surface area contributed by atoms with Crippen molar-refractivity contribution in [1.29, 1.82) is 0 Å². The van der Waals surface area contributed by atoms with Crippen LogP contribution in [-0.4, -0.2) is 11.5 Å². The summed E-state index contributed by atoms with van der Waals surface area (Å²) in [5, 5.41) is 3.18. The van der Waals surface area contributed by atoms with Crippen molar-refractivity contribution in [2.45, 2.75) is 13.5 Å². The van der Waals surface area contributed by atoms with Gasteiger partial charge in [0.2, 0.25) is 5.89 Å². The Morgan fingerprint density at radius 1 is 1.44 bits per heavy atom. The molecule has 0 unspecified atom stereocenters. The van der Waals surface area contributed by atoms with Gasteiger partial charge in [-0.05, 0) is 18.7 Å². The highest BCUT2D eigenvalue weighted by Crippen LogP contribution is 2.23. The minimum atomic E-state index is 0.671. The highest BCUT2D eigenvalue weighted by atomic mass is 79.9. The van der Waals surface area contributed by atoms with Gasteiger partial charge in [0, 0.05) is 10.0 Å². The van der Waals surface area contributed by atoms with E-state index >= 15 is 0 Å². The van der Waals surface area contributed by atoms with Gasteiger partial charge < -0.3 is 9.73 Å². The number of nitrogens with zero attached hydrogens (tertiary/aromatic N) is 1. The Hall–Kier alpha value is -1.13. The summed E-state index contributed by atoms with van der Waals surface area (Å²) < 4.78 is 6.67. The number of halogens is 1. The Balaban J connectivity index is 2.18. The Labute approximate surface area is 103 Å². The maximum absolute atomic E-state index is 5.63.